The molecule has 0 saturated carbocycles. The highest BCUT2D eigenvalue weighted by Gasteiger charge is 2.40. The molecular formula is C19H23N3O5S. The summed E-state index contributed by atoms with van der Waals surface area (Å²) in [6, 6.07) is 5.60. The van der Waals surface area contributed by atoms with Crippen molar-refractivity contribution in [1.82, 2.24) is 10.2 Å². The summed E-state index contributed by atoms with van der Waals surface area (Å²) >= 11 is 0.965. The van der Waals surface area contributed by atoms with Gasteiger partial charge in [-0.3, -0.25) is 24.1 Å². The summed E-state index contributed by atoms with van der Waals surface area (Å²) in [5.74, 6) is 0.0684. The van der Waals surface area contributed by atoms with Gasteiger partial charge in [-0.25, -0.2) is 0 Å². The number of carbonyl (C=O) groups excluding carboxylic acids is 4. The Bertz CT molecular complexity index is 823. The fraction of sp³-hybridized carbons (Fsp3) is 0.474. The highest BCUT2D eigenvalue weighted by atomic mass is 32.2. The lowest BCUT2D eigenvalue weighted by Gasteiger charge is -2.38. The van der Waals surface area contributed by atoms with Crippen molar-refractivity contribution in [3.8, 4) is 5.75 Å². The molecule has 3 rings (SSSR count). The predicted molar refractivity (Wildman–Crippen MR) is 105 cm³/mol. The molecule has 0 aliphatic carbocycles. The number of benzene rings is 1. The molecule has 0 bridgehead atoms. The molecular weight excluding hydrogens is 382 g/mol. The first-order valence-corrected chi connectivity index (χ1v) is 10.0. The Hall–Kier alpha value is -2.55. The first kappa shape index (κ1) is 20.2. The van der Waals surface area contributed by atoms with E-state index in [-0.39, 0.29) is 54.8 Å². The normalized spacial score (nSPS) is 18.2. The van der Waals surface area contributed by atoms with E-state index in [9.17, 15) is 19.2 Å². The van der Waals surface area contributed by atoms with Crippen LogP contribution in [0.2, 0.25) is 0 Å². The molecule has 1 saturated heterocycles. The number of aryl methyl sites for hydroxylation is 1. The largest absolute Gasteiger partial charge is 0.476 e. The van der Waals surface area contributed by atoms with Gasteiger partial charge in [-0.1, -0.05) is 17.8 Å². The number of amides is 4. The summed E-state index contributed by atoms with van der Waals surface area (Å²) in [7, 11) is 0. The van der Waals surface area contributed by atoms with E-state index in [1.807, 2.05) is 25.1 Å². The Morgan fingerprint density at radius 3 is 2.64 bits per heavy atom. The second-order valence-corrected chi connectivity index (χ2v) is 8.17. The van der Waals surface area contributed by atoms with E-state index in [1.54, 1.807) is 18.7 Å². The van der Waals surface area contributed by atoms with Crippen molar-refractivity contribution in [2.24, 2.45) is 0 Å². The maximum atomic E-state index is 12.8. The van der Waals surface area contributed by atoms with Gasteiger partial charge in [-0.05, 0) is 38.5 Å². The average molecular weight is 405 g/mol. The van der Waals surface area contributed by atoms with E-state index < -0.39 is 5.60 Å². The Morgan fingerprint density at radius 1 is 1.21 bits per heavy atom. The van der Waals surface area contributed by atoms with Gasteiger partial charge in [0.05, 0.1) is 11.4 Å². The van der Waals surface area contributed by atoms with Crippen LogP contribution in [0, 0.1) is 6.92 Å². The summed E-state index contributed by atoms with van der Waals surface area (Å²) < 4.78 is 5.80. The molecule has 0 atom stereocenters. The molecule has 1 aromatic carbocycles. The van der Waals surface area contributed by atoms with Gasteiger partial charge in [-0.15, -0.1) is 0 Å². The molecule has 8 nitrogen and oxygen atoms in total. The van der Waals surface area contributed by atoms with E-state index in [0.29, 0.717) is 11.4 Å². The SMILES string of the molecule is Cc1ccc2c(c1)N(CCC(=O)NCCN1C(=O)CSC1=O)C(=O)C(C)(C)O2. The summed E-state index contributed by atoms with van der Waals surface area (Å²) in [6.45, 7) is 5.89. The lowest BCUT2D eigenvalue weighted by Crippen LogP contribution is -2.53. The number of carbonyl (C=O) groups is 4. The minimum Gasteiger partial charge on any atom is -0.476 e. The predicted octanol–water partition coefficient (Wildman–Crippen LogP) is 1.70. The maximum Gasteiger partial charge on any atom is 0.288 e. The van der Waals surface area contributed by atoms with Crippen LogP contribution in [0.25, 0.3) is 0 Å². The van der Waals surface area contributed by atoms with E-state index in [4.69, 9.17) is 4.74 Å². The van der Waals surface area contributed by atoms with E-state index in [1.165, 1.54) is 0 Å². The summed E-state index contributed by atoms with van der Waals surface area (Å²) in [5, 5.41) is 2.41. The fourth-order valence-electron chi connectivity index (χ4n) is 3.11. The van der Waals surface area contributed by atoms with Gasteiger partial charge < -0.3 is 15.0 Å². The molecule has 2 aliphatic rings. The van der Waals surface area contributed by atoms with Gasteiger partial charge >= 0.3 is 0 Å². The Labute approximate surface area is 167 Å². The Balaban J connectivity index is 1.58. The average Bonchev–Trinajstić information content (AvgIpc) is 2.94. The first-order valence-electron chi connectivity index (χ1n) is 9.04. The highest BCUT2D eigenvalue weighted by Crippen LogP contribution is 2.38. The minimum atomic E-state index is -1.01. The smallest absolute Gasteiger partial charge is 0.288 e. The number of imide groups is 1. The molecule has 0 aromatic heterocycles. The van der Waals surface area contributed by atoms with Crippen LogP contribution < -0.4 is 15.0 Å². The van der Waals surface area contributed by atoms with Crippen molar-refractivity contribution < 1.29 is 23.9 Å². The summed E-state index contributed by atoms with van der Waals surface area (Å²) in [6.07, 6.45) is 0.103. The van der Waals surface area contributed by atoms with E-state index in [0.717, 1.165) is 22.2 Å². The Morgan fingerprint density at radius 2 is 1.96 bits per heavy atom. The van der Waals surface area contributed by atoms with Crippen LogP contribution in [-0.2, 0) is 14.4 Å². The quantitative estimate of drug-likeness (QED) is 0.774. The summed E-state index contributed by atoms with van der Waals surface area (Å²) in [4.78, 5) is 50.8. The second-order valence-electron chi connectivity index (χ2n) is 7.24. The number of nitrogens with zero attached hydrogens (tertiary/aromatic N) is 2. The van der Waals surface area contributed by atoms with Crippen LogP contribution in [0.15, 0.2) is 18.2 Å². The summed E-state index contributed by atoms with van der Waals surface area (Å²) in [5.41, 5.74) is 0.636. The lowest BCUT2D eigenvalue weighted by molar-refractivity contribution is -0.132. The van der Waals surface area contributed by atoms with Crippen LogP contribution in [0.5, 0.6) is 5.75 Å². The highest BCUT2D eigenvalue weighted by molar-refractivity contribution is 8.14. The van der Waals surface area contributed by atoms with Gasteiger partial charge in [-0.2, -0.15) is 0 Å². The zero-order valence-corrected chi connectivity index (χ0v) is 16.9. The monoisotopic (exact) mass is 405 g/mol. The first-order chi connectivity index (χ1) is 13.2. The third-order valence-electron chi connectivity index (χ3n) is 4.59. The molecule has 1 fully saturated rings. The molecule has 0 radical (unpaired) electrons. The number of hydrogen-bond acceptors (Lipinski definition) is 6. The molecule has 0 spiro atoms. The second kappa shape index (κ2) is 7.83. The third-order valence-corrected chi connectivity index (χ3v) is 5.45. The van der Waals surface area contributed by atoms with Crippen LogP contribution in [-0.4, -0.2) is 58.8 Å². The number of thioether (sulfide) groups is 1. The molecule has 2 heterocycles. The Kier molecular flexibility index (Phi) is 5.64. The molecule has 4 amide bonds. The number of hydrogen-bond donors (Lipinski definition) is 1. The molecule has 28 heavy (non-hydrogen) atoms. The zero-order chi connectivity index (χ0) is 20.5. The van der Waals surface area contributed by atoms with Crippen LogP contribution in [0.4, 0.5) is 10.5 Å². The number of nitrogens with one attached hydrogen (secondary N) is 1. The van der Waals surface area contributed by atoms with E-state index >= 15 is 0 Å². The topological polar surface area (TPSA) is 96.0 Å². The van der Waals surface area contributed by atoms with Crippen molar-refractivity contribution >= 4 is 40.4 Å². The molecule has 1 N–H and O–H groups in total. The van der Waals surface area contributed by atoms with Crippen molar-refractivity contribution in [3.63, 3.8) is 0 Å². The molecule has 1 aromatic rings. The third kappa shape index (κ3) is 4.14. The maximum absolute atomic E-state index is 12.8. The lowest BCUT2D eigenvalue weighted by atomic mass is 10.0. The number of fused-ring (bicyclic) bond motifs is 1. The van der Waals surface area contributed by atoms with Crippen molar-refractivity contribution in [3.05, 3.63) is 23.8 Å². The molecule has 0 unspecified atom stereocenters. The fourth-order valence-corrected chi connectivity index (χ4v) is 3.86. The zero-order valence-electron chi connectivity index (χ0n) is 16.1. The number of rotatable bonds is 6. The van der Waals surface area contributed by atoms with Crippen molar-refractivity contribution in [2.45, 2.75) is 32.8 Å². The van der Waals surface area contributed by atoms with Gasteiger partial charge in [0, 0.05) is 26.1 Å². The van der Waals surface area contributed by atoms with Crippen LogP contribution in [0.1, 0.15) is 25.8 Å². The van der Waals surface area contributed by atoms with Gasteiger partial charge in [0.15, 0.2) is 5.60 Å². The van der Waals surface area contributed by atoms with Gasteiger partial charge in [0.25, 0.3) is 11.1 Å². The van der Waals surface area contributed by atoms with Crippen LogP contribution >= 0.6 is 11.8 Å². The van der Waals surface area contributed by atoms with Crippen molar-refractivity contribution in [1.29, 1.82) is 0 Å². The van der Waals surface area contributed by atoms with Gasteiger partial charge in [0.2, 0.25) is 11.8 Å². The van der Waals surface area contributed by atoms with Crippen LogP contribution in [0.3, 0.4) is 0 Å². The minimum absolute atomic E-state index is 0.103. The number of anilines is 1. The standard InChI is InChI=1S/C19H23N3O5S/c1-12-4-5-14-13(10-12)21(17(25)19(2,3)27-14)8-6-15(23)20-7-9-22-16(24)11-28-18(22)26/h4-5,10H,6-9,11H2,1-3H3,(H,20,23). The van der Waals surface area contributed by atoms with Crippen molar-refractivity contribution in [2.75, 3.05) is 30.3 Å². The molecule has 9 heteroatoms. The van der Waals surface area contributed by atoms with Gasteiger partial charge in [0.1, 0.15) is 5.75 Å². The van der Waals surface area contributed by atoms with E-state index in [2.05, 4.69) is 5.32 Å². The molecule has 150 valence electrons. The number of ether oxygens (including phenoxy) is 1. The molecule has 2 aliphatic heterocycles.